The van der Waals surface area contributed by atoms with Crippen LogP contribution in [0.5, 0.6) is 11.6 Å². The van der Waals surface area contributed by atoms with Crippen molar-refractivity contribution in [2.24, 2.45) is 11.5 Å². The molecular formula is C13H13N3O2. The molecule has 2 rings (SSSR count). The van der Waals surface area contributed by atoms with Gasteiger partial charge in [0, 0.05) is 18.3 Å². The topological polar surface area (TPSA) is 91.2 Å². The smallest absolute Gasteiger partial charge is 0.252 e. The van der Waals surface area contributed by atoms with Crippen LogP contribution >= 0.6 is 0 Å². The van der Waals surface area contributed by atoms with E-state index < -0.39 is 5.91 Å². The maximum atomic E-state index is 11.3. The van der Waals surface area contributed by atoms with Crippen molar-refractivity contribution in [3.05, 3.63) is 53.7 Å². The first-order chi connectivity index (χ1) is 8.72. The zero-order valence-electron chi connectivity index (χ0n) is 9.67. The Hall–Kier alpha value is -2.40. The number of benzene rings is 1. The average molecular weight is 243 g/mol. The van der Waals surface area contributed by atoms with Gasteiger partial charge in [0.05, 0.1) is 5.56 Å². The van der Waals surface area contributed by atoms with E-state index >= 15 is 0 Å². The molecule has 0 saturated heterocycles. The molecule has 0 bridgehead atoms. The van der Waals surface area contributed by atoms with Crippen molar-refractivity contribution in [2.45, 2.75) is 6.54 Å². The van der Waals surface area contributed by atoms with E-state index in [0.717, 1.165) is 5.56 Å². The normalized spacial score (nSPS) is 10.1. The largest absolute Gasteiger partial charge is 0.438 e. The zero-order chi connectivity index (χ0) is 13.0. The van der Waals surface area contributed by atoms with E-state index in [1.807, 2.05) is 6.07 Å². The number of nitrogens with zero attached hydrogens (tertiary/aromatic N) is 1. The SMILES string of the molecule is NCc1cccnc1Oc1ccccc1C(N)=O. The van der Waals surface area contributed by atoms with Crippen LogP contribution in [0.3, 0.4) is 0 Å². The summed E-state index contributed by atoms with van der Waals surface area (Å²) in [6.07, 6.45) is 1.60. The van der Waals surface area contributed by atoms with E-state index in [1.165, 1.54) is 0 Å². The highest BCUT2D eigenvalue weighted by Gasteiger charge is 2.11. The molecule has 1 aromatic heterocycles. The van der Waals surface area contributed by atoms with Crippen LogP contribution < -0.4 is 16.2 Å². The van der Waals surface area contributed by atoms with Crippen molar-refractivity contribution in [3.8, 4) is 11.6 Å². The van der Waals surface area contributed by atoms with Crippen molar-refractivity contribution in [1.82, 2.24) is 4.98 Å². The number of amides is 1. The van der Waals surface area contributed by atoms with Gasteiger partial charge in [0.2, 0.25) is 5.88 Å². The second kappa shape index (κ2) is 5.29. The average Bonchev–Trinajstić information content (AvgIpc) is 2.40. The van der Waals surface area contributed by atoms with Gasteiger partial charge >= 0.3 is 0 Å². The Bertz CT molecular complexity index is 570. The summed E-state index contributed by atoms with van der Waals surface area (Å²) >= 11 is 0. The monoisotopic (exact) mass is 243 g/mol. The van der Waals surface area contributed by atoms with E-state index in [9.17, 15) is 4.79 Å². The van der Waals surface area contributed by atoms with Crippen molar-refractivity contribution < 1.29 is 9.53 Å². The molecule has 5 nitrogen and oxygen atoms in total. The Morgan fingerprint density at radius 2 is 2.00 bits per heavy atom. The summed E-state index contributed by atoms with van der Waals surface area (Å²) in [4.78, 5) is 15.4. The van der Waals surface area contributed by atoms with Gasteiger partial charge in [-0.25, -0.2) is 4.98 Å². The fourth-order valence-electron chi connectivity index (χ4n) is 1.53. The lowest BCUT2D eigenvalue weighted by Gasteiger charge is -2.10. The molecule has 18 heavy (non-hydrogen) atoms. The minimum absolute atomic E-state index is 0.307. The van der Waals surface area contributed by atoms with Crippen LogP contribution in [-0.4, -0.2) is 10.9 Å². The molecular weight excluding hydrogens is 230 g/mol. The maximum Gasteiger partial charge on any atom is 0.252 e. The Morgan fingerprint density at radius 1 is 1.22 bits per heavy atom. The number of hydrogen-bond donors (Lipinski definition) is 2. The zero-order valence-corrected chi connectivity index (χ0v) is 9.67. The summed E-state index contributed by atoms with van der Waals surface area (Å²) in [5, 5.41) is 0. The number of aromatic nitrogens is 1. The number of ether oxygens (including phenoxy) is 1. The van der Waals surface area contributed by atoms with E-state index in [1.54, 1.807) is 36.5 Å². The van der Waals surface area contributed by atoms with Crippen LogP contribution in [0.2, 0.25) is 0 Å². The third-order valence-electron chi connectivity index (χ3n) is 2.43. The number of carbonyl (C=O) groups excluding carboxylic acids is 1. The number of carbonyl (C=O) groups is 1. The molecule has 0 aliphatic rings. The summed E-state index contributed by atoms with van der Waals surface area (Å²) < 4.78 is 5.60. The fourth-order valence-corrected chi connectivity index (χ4v) is 1.53. The number of hydrogen-bond acceptors (Lipinski definition) is 4. The van der Waals surface area contributed by atoms with Crippen LogP contribution in [0.25, 0.3) is 0 Å². The van der Waals surface area contributed by atoms with Crippen molar-refractivity contribution in [3.63, 3.8) is 0 Å². The molecule has 92 valence electrons. The van der Waals surface area contributed by atoms with Gasteiger partial charge in [0.25, 0.3) is 5.91 Å². The molecule has 0 unspecified atom stereocenters. The molecule has 5 heteroatoms. The van der Waals surface area contributed by atoms with Crippen LogP contribution in [-0.2, 0) is 6.54 Å². The number of rotatable bonds is 4. The maximum absolute atomic E-state index is 11.3. The molecule has 0 atom stereocenters. The van der Waals surface area contributed by atoms with Gasteiger partial charge in [0.1, 0.15) is 5.75 Å². The highest BCUT2D eigenvalue weighted by atomic mass is 16.5. The number of nitrogens with two attached hydrogens (primary N) is 2. The number of primary amides is 1. The minimum atomic E-state index is -0.546. The van der Waals surface area contributed by atoms with Gasteiger partial charge in [-0.15, -0.1) is 0 Å². The summed E-state index contributed by atoms with van der Waals surface area (Å²) in [6, 6.07) is 10.3. The highest BCUT2D eigenvalue weighted by molar-refractivity contribution is 5.95. The lowest BCUT2D eigenvalue weighted by atomic mass is 10.2. The first kappa shape index (κ1) is 12.1. The predicted molar refractivity (Wildman–Crippen MR) is 67.2 cm³/mol. The van der Waals surface area contributed by atoms with Crippen LogP contribution in [0, 0.1) is 0 Å². The van der Waals surface area contributed by atoms with Gasteiger partial charge in [-0.05, 0) is 18.2 Å². The Kier molecular flexibility index (Phi) is 3.54. The number of para-hydroxylation sites is 1. The Balaban J connectivity index is 2.37. The third-order valence-corrected chi connectivity index (χ3v) is 2.43. The lowest BCUT2D eigenvalue weighted by molar-refractivity contribution is 0.0998. The van der Waals surface area contributed by atoms with Crippen molar-refractivity contribution in [1.29, 1.82) is 0 Å². The highest BCUT2D eigenvalue weighted by Crippen LogP contribution is 2.25. The van der Waals surface area contributed by atoms with E-state index in [4.69, 9.17) is 16.2 Å². The molecule has 0 fully saturated rings. The van der Waals surface area contributed by atoms with E-state index in [0.29, 0.717) is 23.7 Å². The van der Waals surface area contributed by atoms with E-state index in [-0.39, 0.29) is 0 Å². The van der Waals surface area contributed by atoms with Crippen LogP contribution in [0.15, 0.2) is 42.6 Å². The summed E-state index contributed by atoms with van der Waals surface area (Å²) in [6.45, 7) is 0.307. The molecule has 1 heterocycles. The Labute approximate surface area is 104 Å². The van der Waals surface area contributed by atoms with Gasteiger partial charge in [0.15, 0.2) is 0 Å². The molecule has 0 spiro atoms. The molecule has 1 amide bonds. The van der Waals surface area contributed by atoms with Crippen LogP contribution in [0.4, 0.5) is 0 Å². The summed E-state index contributed by atoms with van der Waals surface area (Å²) in [7, 11) is 0. The molecule has 2 aromatic rings. The van der Waals surface area contributed by atoms with Gasteiger partial charge in [-0.2, -0.15) is 0 Å². The van der Waals surface area contributed by atoms with Gasteiger partial charge in [-0.3, -0.25) is 4.79 Å². The standard InChI is InChI=1S/C13H13N3O2/c14-8-9-4-3-7-16-13(9)18-11-6-2-1-5-10(11)12(15)17/h1-7H,8,14H2,(H2,15,17). The summed E-state index contributed by atoms with van der Waals surface area (Å²) in [5.41, 5.74) is 11.9. The number of pyridine rings is 1. The quantitative estimate of drug-likeness (QED) is 0.849. The molecule has 0 aliphatic carbocycles. The molecule has 0 aliphatic heterocycles. The third kappa shape index (κ3) is 2.46. The second-order valence-electron chi connectivity index (χ2n) is 3.63. The molecule has 4 N–H and O–H groups in total. The first-order valence-electron chi connectivity index (χ1n) is 5.43. The molecule has 1 aromatic carbocycles. The van der Waals surface area contributed by atoms with E-state index in [2.05, 4.69) is 4.98 Å². The first-order valence-corrected chi connectivity index (χ1v) is 5.43. The molecule has 0 radical (unpaired) electrons. The summed E-state index contributed by atoms with van der Waals surface area (Å²) in [5.74, 6) is 0.211. The molecule has 0 saturated carbocycles. The minimum Gasteiger partial charge on any atom is -0.438 e. The Morgan fingerprint density at radius 3 is 2.72 bits per heavy atom. The lowest BCUT2D eigenvalue weighted by Crippen LogP contribution is -2.12. The van der Waals surface area contributed by atoms with Crippen molar-refractivity contribution in [2.75, 3.05) is 0 Å². The van der Waals surface area contributed by atoms with Gasteiger partial charge < -0.3 is 16.2 Å². The van der Waals surface area contributed by atoms with Crippen molar-refractivity contribution >= 4 is 5.91 Å². The van der Waals surface area contributed by atoms with Crippen LogP contribution in [0.1, 0.15) is 15.9 Å². The van der Waals surface area contributed by atoms with Gasteiger partial charge in [-0.1, -0.05) is 18.2 Å². The predicted octanol–water partition coefficient (Wildman–Crippen LogP) is 1.43. The second-order valence-corrected chi connectivity index (χ2v) is 3.63. The fraction of sp³-hybridized carbons (Fsp3) is 0.0769.